The van der Waals surface area contributed by atoms with Gasteiger partial charge in [-0.2, -0.15) is 0 Å². The number of methoxy groups -OCH3 is 1. The van der Waals surface area contributed by atoms with E-state index in [1.165, 1.54) is 11.6 Å². The number of ether oxygens (including phenoxy) is 1. The molecule has 0 unspecified atom stereocenters. The Morgan fingerprint density at radius 1 is 1.17 bits per heavy atom. The number of aromatic nitrogens is 1. The molecule has 1 amide bonds. The molecule has 0 aliphatic heterocycles. The molecule has 0 radical (unpaired) electrons. The maximum atomic E-state index is 12.8. The normalized spacial score (nSPS) is 10.6. The predicted octanol–water partition coefficient (Wildman–Crippen LogP) is 2.53. The number of pyridine rings is 1. The van der Waals surface area contributed by atoms with Crippen LogP contribution in [0.5, 0.6) is 0 Å². The summed E-state index contributed by atoms with van der Waals surface area (Å²) in [6.07, 6.45) is 0.985. The van der Waals surface area contributed by atoms with Crippen LogP contribution in [-0.2, 0) is 17.7 Å². The van der Waals surface area contributed by atoms with E-state index in [2.05, 4.69) is 24.0 Å². The van der Waals surface area contributed by atoms with Crippen molar-refractivity contribution in [2.45, 2.75) is 26.8 Å². The van der Waals surface area contributed by atoms with E-state index in [9.17, 15) is 9.59 Å². The van der Waals surface area contributed by atoms with Crippen molar-refractivity contribution < 1.29 is 9.53 Å². The first kappa shape index (κ1) is 17.9. The first-order chi connectivity index (χ1) is 11.5. The largest absolute Gasteiger partial charge is 0.383 e. The minimum atomic E-state index is -0.266. The summed E-state index contributed by atoms with van der Waals surface area (Å²) >= 11 is 0. The fourth-order valence-electron chi connectivity index (χ4n) is 2.54. The Hall–Kier alpha value is -2.40. The number of carbonyl (C=O) groups excluding carboxylic acids is 1. The third kappa shape index (κ3) is 4.80. The minimum absolute atomic E-state index is 0.166. The fraction of sp³-hybridized carbons (Fsp3) is 0.368. The van der Waals surface area contributed by atoms with Crippen LogP contribution < -0.4 is 5.56 Å². The Morgan fingerprint density at radius 2 is 1.83 bits per heavy atom. The molecule has 1 aromatic carbocycles. The summed E-state index contributed by atoms with van der Waals surface area (Å²) in [6.45, 7) is 5.27. The van der Waals surface area contributed by atoms with Crippen LogP contribution in [0.25, 0.3) is 0 Å². The molecule has 24 heavy (non-hydrogen) atoms. The minimum Gasteiger partial charge on any atom is -0.383 e. The first-order valence-electron chi connectivity index (χ1n) is 8.10. The Bertz CT molecular complexity index is 735. The summed E-state index contributed by atoms with van der Waals surface area (Å²) in [5, 5.41) is 0. The second-order valence-corrected chi connectivity index (χ2v) is 5.81. The molecule has 0 bridgehead atoms. The van der Waals surface area contributed by atoms with Crippen LogP contribution >= 0.6 is 0 Å². The highest BCUT2D eigenvalue weighted by Gasteiger charge is 2.17. The van der Waals surface area contributed by atoms with Gasteiger partial charge in [-0.15, -0.1) is 0 Å². The highest BCUT2D eigenvalue weighted by molar-refractivity contribution is 5.94. The third-order valence-corrected chi connectivity index (χ3v) is 3.88. The van der Waals surface area contributed by atoms with E-state index in [1.807, 2.05) is 12.1 Å². The summed E-state index contributed by atoms with van der Waals surface area (Å²) in [5.74, 6) is -0.166. The van der Waals surface area contributed by atoms with Gasteiger partial charge >= 0.3 is 0 Å². The van der Waals surface area contributed by atoms with Gasteiger partial charge in [0.2, 0.25) is 5.56 Å². The second-order valence-electron chi connectivity index (χ2n) is 5.81. The van der Waals surface area contributed by atoms with Gasteiger partial charge in [-0.3, -0.25) is 9.59 Å². The number of aromatic amines is 1. The fourth-order valence-corrected chi connectivity index (χ4v) is 2.54. The molecule has 1 aromatic heterocycles. The molecule has 0 spiro atoms. The number of hydrogen-bond donors (Lipinski definition) is 1. The van der Waals surface area contributed by atoms with Crippen molar-refractivity contribution >= 4 is 5.91 Å². The van der Waals surface area contributed by atoms with Gasteiger partial charge in [-0.05, 0) is 30.5 Å². The molecule has 0 saturated carbocycles. The average Bonchev–Trinajstić information content (AvgIpc) is 2.57. The summed E-state index contributed by atoms with van der Waals surface area (Å²) in [7, 11) is 1.61. The number of carbonyl (C=O) groups is 1. The van der Waals surface area contributed by atoms with E-state index < -0.39 is 0 Å². The van der Waals surface area contributed by atoms with Gasteiger partial charge in [0.15, 0.2) is 0 Å². The van der Waals surface area contributed by atoms with E-state index in [0.717, 1.165) is 12.0 Å². The number of rotatable bonds is 7. The molecule has 0 atom stereocenters. The molecule has 0 fully saturated rings. The maximum Gasteiger partial charge on any atom is 0.254 e. The van der Waals surface area contributed by atoms with Gasteiger partial charge in [-0.25, -0.2) is 0 Å². The third-order valence-electron chi connectivity index (χ3n) is 3.88. The number of amides is 1. The van der Waals surface area contributed by atoms with Crippen LogP contribution in [0.4, 0.5) is 0 Å². The number of benzene rings is 1. The lowest BCUT2D eigenvalue weighted by molar-refractivity contribution is 0.0680. The van der Waals surface area contributed by atoms with Crippen molar-refractivity contribution in [2.75, 3.05) is 20.3 Å². The van der Waals surface area contributed by atoms with E-state index >= 15 is 0 Å². The van der Waals surface area contributed by atoms with Crippen LogP contribution in [-0.4, -0.2) is 36.1 Å². The maximum absolute atomic E-state index is 12.8. The molecule has 0 aliphatic carbocycles. The predicted molar refractivity (Wildman–Crippen MR) is 94.2 cm³/mol. The average molecular weight is 328 g/mol. The van der Waals surface area contributed by atoms with Gasteiger partial charge in [0.05, 0.1) is 6.61 Å². The van der Waals surface area contributed by atoms with Crippen LogP contribution in [0.3, 0.4) is 0 Å². The van der Waals surface area contributed by atoms with Crippen LogP contribution in [0.15, 0.2) is 41.2 Å². The Balaban J connectivity index is 2.22. The topological polar surface area (TPSA) is 62.4 Å². The quantitative estimate of drug-likeness (QED) is 0.849. The molecule has 0 saturated heterocycles. The molecule has 5 heteroatoms. The van der Waals surface area contributed by atoms with Crippen molar-refractivity contribution in [1.82, 2.24) is 9.88 Å². The lowest BCUT2D eigenvalue weighted by Gasteiger charge is -2.23. The zero-order valence-electron chi connectivity index (χ0n) is 14.5. The van der Waals surface area contributed by atoms with Gasteiger partial charge in [-0.1, -0.05) is 31.2 Å². The van der Waals surface area contributed by atoms with Gasteiger partial charge in [0, 0.05) is 37.5 Å². The van der Waals surface area contributed by atoms with Crippen molar-refractivity contribution in [2.24, 2.45) is 0 Å². The van der Waals surface area contributed by atoms with Gasteiger partial charge in [0.1, 0.15) is 0 Å². The standard InChI is InChI=1S/C19H24N2O3/c1-4-15-5-7-16(8-6-15)13-21(9-10-24-3)19(23)17-11-14(2)20-18(22)12-17/h5-8,11-12H,4,9-10,13H2,1-3H3,(H,20,22). The summed E-state index contributed by atoms with van der Waals surface area (Å²) in [6, 6.07) is 11.3. The molecule has 1 N–H and O–H groups in total. The van der Waals surface area contributed by atoms with Gasteiger partial charge in [0.25, 0.3) is 5.91 Å². The smallest absolute Gasteiger partial charge is 0.254 e. The molecule has 0 aliphatic rings. The highest BCUT2D eigenvalue weighted by atomic mass is 16.5. The summed E-state index contributed by atoms with van der Waals surface area (Å²) < 4.78 is 5.12. The molecule has 1 heterocycles. The van der Waals surface area contributed by atoms with Crippen molar-refractivity contribution in [3.05, 3.63) is 69.1 Å². The van der Waals surface area contributed by atoms with Crippen LogP contribution in [0.2, 0.25) is 0 Å². The highest BCUT2D eigenvalue weighted by Crippen LogP contribution is 2.11. The van der Waals surface area contributed by atoms with Crippen LogP contribution in [0, 0.1) is 6.92 Å². The zero-order valence-corrected chi connectivity index (χ0v) is 14.5. The molecule has 5 nitrogen and oxygen atoms in total. The lowest BCUT2D eigenvalue weighted by Crippen LogP contribution is -2.34. The second kappa shape index (κ2) is 8.45. The van der Waals surface area contributed by atoms with Crippen molar-refractivity contribution in [3.8, 4) is 0 Å². The van der Waals surface area contributed by atoms with E-state index in [1.54, 1.807) is 25.0 Å². The monoisotopic (exact) mass is 328 g/mol. The lowest BCUT2D eigenvalue weighted by atomic mass is 10.1. The van der Waals surface area contributed by atoms with E-state index in [4.69, 9.17) is 4.74 Å². The Morgan fingerprint density at radius 3 is 2.42 bits per heavy atom. The van der Waals surface area contributed by atoms with E-state index in [0.29, 0.717) is 31.0 Å². The molecule has 2 aromatic rings. The summed E-state index contributed by atoms with van der Waals surface area (Å²) in [5.41, 5.74) is 3.12. The van der Waals surface area contributed by atoms with Crippen LogP contribution in [0.1, 0.15) is 34.1 Å². The van der Waals surface area contributed by atoms with Crippen molar-refractivity contribution in [3.63, 3.8) is 0 Å². The van der Waals surface area contributed by atoms with Crippen molar-refractivity contribution in [1.29, 1.82) is 0 Å². The Kier molecular flexibility index (Phi) is 6.32. The SMILES string of the molecule is CCc1ccc(CN(CCOC)C(=O)c2cc(C)[nH]c(=O)c2)cc1. The summed E-state index contributed by atoms with van der Waals surface area (Å²) in [4.78, 5) is 28.8. The molecular formula is C19H24N2O3. The number of aryl methyl sites for hydroxylation is 2. The Labute approximate surface area is 142 Å². The zero-order chi connectivity index (χ0) is 17.5. The van der Waals surface area contributed by atoms with Gasteiger partial charge < -0.3 is 14.6 Å². The molecule has 2 rings (SSSR count). The molecular weight excluding hydrogens is 304 g/mol. The molecule has 128 valence electrons. The first-order valence-corrected chi connectivity index (χ1v) is 8.10. The number of nitrogens with zero attached hydrogens (tertiary/aromatic N) is 1. The number of H-pyrrole nitrogens is 1. The number of hydrogen-bond acceptors (Lipinski definition) is 3. The van der Waals surface area contributed by atoms with E-state index in [-0.39, 0.29) is 11.5 Å². The number of nitrogens with one attached hydrogen (secondary N) is 1.